The predicted octanol–water partition coefficient (Wildman–Crippen LogP) is 3.86. The third-order valence-corrected chi connectivity index (χ3v) is 7.00. The summed E-state index contributed by atoms with van der Waals surface area (Å²) < 4.78 is 0. The molecule has 6 rings (SSSR count). The minimum atomic E-state index is -0.132. The van der Waals surface area contributed by atoms with Crippen LogP contribution >= 0.6 is 0 Å². The van der Waals surface area contributed by atoms with Gasteiger partial charge in [0, 0.05) is 34.4 Å². The average molecular weight is 398 g/mol. The van der Waals surface area contributed by atoms with E-state index in [1.807, 2.05) is 48.5 Å². The van der Waals surface area contributed by atoms with Gasteiger partial charge in [0.15, 0.2) is 0 Å². The van der Waals surface area contributed by atoms with Gasteiger partial charge in [-0.3, -0.25) is 9.59 Å². The summed E-state index contributed by atoms with van der Waals surface area (Å²) in [6.45, 7) is 0. The number of para-hydroxylation sites is 1. The average Bonchev–Trinajstić information content (AvgIpc) is 3.14. The first kappa shape index (κ1) is 17.4. The maximum Gasteiger partial charge on any atom is 0.272 e. The van der Waals surface area contributed by atoms with E-state index in [0.29, 0.717) is 22.3 Å². The molecule has 0 saturated heterocycles. The number of aromatic nitrogens is 3. The number of amides is 1. The van der Waals surface area contributed by atoms with Crippen molar-refractivity contribution in [2.24, 2.45) is 5.41 Å². The number of hydrogen-bond donors (Lipinski definition) is 3. The molecule has 1 spiro atoms. The Kier molecular flexibility index (Phi) is 3.66. The summed E-state index contributed by atoms with van der Waals surface area (Å²) in [6.07, 6.45) is 5.95. The summed E-state index contributed by atoms with van der Waals surface area (Å²) in [5.41, 5.74) is 2.87. The van der Waals surface area contributed by atoms with Crippen molar-refractivity contribution in [1.29, 1.82) is 0 Å². The molecule has 150 valence electrons. The summed E-state index contributed by atoms with van der Waals surface area (Å²) in [4.78, 5) is 27.9. The molecule has 0 radical (unpaired) electrons. The van der Waals surface area contributed by atoms with Gasteiger partial charge in [0.2, 0.25) is 0 Å². The Morgan fingerprint density at radius 2 is 1.67 bits per heavy atom. The minimum Gasteiger partial charge on any atom is -0.360 e. The lowest BCUT2D eigenvalue weighted by Gasteiger charge is -2.57. The molecule has 6 heteroatoms. The van der Waals surface area contributed by atoms with Gasteiger partial charge in [-0.05, 0) is 43.2 Å². The number of rotatable bonds is 3. The first-order valence-electron chi connectivity index (χ1n) is 10.5. The Bertz CT molecular complexity index is 1340. The number of nitrogens with zero attached hydrogens (tertiary/aromatic N) is 1. The number of carbonyl (C=O) groups is 1. The molecule has 2 heterocycles. The third kappa shape index (κ3) is 2.60. The first-order chi connectivity index (χ1) is 14.6. The highest BCUT2D eigenvalue weighted by molar-refractivity contribution is 6.06. The van der Waals surface area contributed by atoms with Crippen LogP contribution < -0.4 is 10.9 Å². The van der Waals surface area contributed by atoms with Gasteiger partial charge < -0.3 is 10.3 Å². The number of aromatic amines is 2. The zero-order valence-electron chi connectivity index (χ0n) is 16.4. The highest BCUT2D eigenvalue weighted by atomic mass is 16.1. The molecule has 2 aliphatic rings. The van der Waals surface area contributed by atoms with Gasteiger partial charge in [-0.1, -0.05) is 36.4 Å². The Hall–Kier alpha value is -3.41. The number of nitrogens with one attached hydrogen (secondary N) is 3. The SMILES string of the molecule is O=C(N[C@H]1CC2(C1)C[C@H](c1n[nH]c(=O)c3ccccc31)C2)c1c[nH]c2ccccc12. The lowest BCUT2D eigenvalue weighted by Crippen LogP contribution is -2.55. The fraction of sp³-hybridized carbons (Fsp3) is 0.292. The van der Waals surface area contributed by atoms with Crippen molar-refractivity contribution in [3.05, 3.63) is 76.3 Å². The van der Waals surface area contributed by atoms with Crippen LogP contribution in [0.4, 0.5) is 0 Å². The fourth-order valence-electron chi connectivity index (χ4n) is 5.57. The molecule has 1 amide bonds. The summed E-state index contributed by atoms with van der Waals surface area (Å²) >= 11 is 0. The van der Waals surface area contributed by atoms with Gasteiger partial charge in [-0.15, -0.1) is 0 Å². The highest BCUT2D eigenvalue weighted by Crippen LogP contribution is 2.62. The lowest BCUT2D eigenvalue weighted by atomic mass is 9.49. The zero-order valence-corrected chi connectivity index (χ0v) is 16.4. The number of benzene rings is 2. The van der Waals surface area contributed by atoms with E-state index in [1.54, 1.807) is 6.20 Å². The molecule has 2 aromatic heterocycles. The van der Waals surface area contributed by atoms with Crippen LogP contribution in [0.5, 0.6) is 0 Å². The van der Waals surface area contributed by atoms with Gasteiger partial charge in [-0.2, -0.15) is 5.10 Å². The van der Waals surface area contributed by atoms with Crippen LogP contribution in [-0.2, 0) is 0 Å². The van der Waals surface area contributed by atoms with Crippen molar-refractivity contribution in [2.75, 3.05) is 0 Å². The Morgan fingerprint density at radius 1 is 0.967 bits per heavy atom. The van der Waals surface area contributed by atoms with E-state index >= 15 is 0 Å². The molecule has 0 unspecified atom stereocenters. The van der Waals surface area contributed by atoms with Crippen LogP contribution in [-0.4, -0.2) is 27.1 Å². The third-order valence-electron chi connectivity index (χ3n) is 7.00. The summed E-state index contributed by atoms with van der Waals surface area (Å²) in [7, 11) is 0. The standard InChI is InChI=1S/C24H22N4O2/c29-22(19-13-25-20-8-4-3-5-16(19)20)26-15-11-24(12-15)9-14(10-24)21-17-6-1-2-7-18(17)23(30)28-27-21/h1-8,13-15,25H,9-12H2,(H,26,29)(H,28,30)/t14-,15-,24?. The topological polar surface area (TPSA) is 90.6 Å². The van der Waals surface area contributed by atoms with Gasteiger partial charge in [0.25, 0.3) is 11.5 Å². The van der Waals surface area contributed by atoms with E-state index in [4.69, 9.17) is 0 Å². The van der Waals surface area contributed by atoms with Crippen LogP contribution in [0.15, 0.2) is 59.5 Å². The van der Waals surface area contributed by atoms with E-state index in [9.17, 15) is 9.59 Å². The maximum absolute atomic E-state index is 12.7. The molecule has 4 aromatic rings. The van der Waals surface area contributed by atoms with Crippen molar-refractivity contribution >= 4 is 27.6 Å². The second-order valence-corrected chi connectivity index (χ2v) is 8.92. The molecular formula is C24H22N4O2. The predicted molar refractivity (Wildman–Crippen MR) is 116 cm³/mol. The second-order valence-electron chi connectivity index (χ2n) is 8.92. The van der Waals surface area contributed by atoms with E-state index in [-0.39, 0.29) is 17.5 Å². The maximum atomic E-state index is 12.7. The van der Waals surface area contributed by atoms with E-state index in [1.165, 1.54) is 0 Å². The molecule has 6 nitrogen and oxygen atoms in total. The molecule has 2 saturated carbocycles. The minimum absolute atomic E-state index is 0.00327. The van der Waals surface area contributed by atoms with Gasteiger partial charge >= 0.3 is 0 Å². The van der Waals surface area contributed by atoms with Crippen molar-refractivity contribution in [2.45, 2.75) is 37.6 Å². The van der Waals surface area contributed by atoms with Crippen molar-refractivity contribution in [3.8, 4) is 0 Å². The molecular weight excluding hydrogens is 376 g/mol. The summed E-state index contributed by atoms with van der Waals surface area (Å²) in [6, 6.07) is 15.8. The van der Waals surface area contributed by atoms with Crippen LogP contribution in [0.2, 0.25) is 0 Å². The first-order valence-corrected chi connectivity index (χ1v) is 10.5. The largest absolute Gasteiger partial charge is 0.360 e. The monoisotopic (exact) mass is 398 g/mol. The van der Waals surface area contributed by atoms with Crippen molar-refractivity contribution < 1.29 is 4.79 Å². The normalized spacial score (nSPS) is 25.2. The van der Waals surface area contributed by atoms with Gasteiger partial charge in [0.05, 0.1) is 16.6 Å². The zero-order chi connectivity index (χ0) is 20.3. The molecule has 30 heavy (non-hydrogen) atoms. The summed E-state index contributed by atoms with van der Waals surface area (Å²) in [5, 5.41) is 12.9. The van der Waals surface area contributed by atoms with Crippen molar-refractivity contribution in [3.63, 3.8) is 0 Å². The molecule has 2 aromatic carbocycles. The Balaban J connectivity index is 1.12. The number of fused-ring (bicyclic) bond motifs is 2. The molecule has 0 bridgehead atoms. The van der Waals surface area contributed by atoms with Crippen LogP contribution in [0, 0.1) is 5.41 Å². The number of hydrogen-bond acceptors (Lipinski definition) is 3. The van der Waals surface area contributed by atoms with Gasteiger partial charge in [0.1, 0.15) is 0 Å². The lowest BCUT2D eigenvalue weighted by molar-refractivity contribution is -0.0196. The molecule has 2 aliphatic carbocycles. The van der Waals surface area contributed by atoms with E-state index in [0.717, 1.165) is 47.7 Å². The number of H-pyrrole nitrogens is 2. The quantitative estimate of drug-likeness (QED) is 0.489. The van der Waals surface area contributed by atoms with Crippen LogP contribution in [0.3, 0.4) is 0 Å². The molecule has 2 fully saturated rings. The van der Waals surface area contributed by atoms with Crippen LogP contribution in [0.25, 0.3) is 21.7 Å². The Morgan fingerprint density at radius 3 is 2.47 bits per heavy atom. The second kappa shape index (κ2) is 6.29. The Labute approximate surface area is 172 Å². The highest BCUT2D eigenvalue weighted by Gasteiger charge is 2.54. The molecule has 0 atom stereocenters. The fourth-order valence-corrected chi connectivity index (χ4v) is 5.57. The van der Waals surface area contributed by atoms with E-state index in [2.05, 4.69) is 20.5 Å². The summed E-state index contributed by atoms with van der Waals surface area (Å²) in [5.74, 6) is 0.369. The van der Waals surface area contributed by atoms with E-state index < -0.39 is 0 Å². The number of carbonyl (C=O) groups excluding carboxylic acids is 1. The van der Waals surface area contributed by atoms with Gasteiger partial charge in [-0.25, -0.2) is 5.10 Å². The van der Waals surface area contributed by atoms with Crippen molar-refractivity contribution in [1.82, 2.24) is 20.5 Å². The molecule has 3 N–H and O–H groups in total. The smallest absolute Gasteiger partial charge is 0.272 e. The molecule has 0 aliphatic heterocycles. The van der Waals surface area contributed by atoms with Crippen LogP contribution in [0.1, 0.15) is 47.7 Å².